The van der Waals surface area contributed by atoms with E-state index in [4.69, 9.17) is 4.42 Å². The highest BCUT2D eigenvalue weighted by molar-refractivity contribution is 5.94. The first-order valence-electron chi connectivity index (χ1n) is 7.04. The second-order valence-electron chi connectivity index (χ2n) is 4.83. The first-order valence-corrected chi connectivity index (χ1v) is 7.04. The van der Waals surface area contributed by atoms with Crippen LogP contribution in [0.4, 0.5) is 0 Å². The van der Waals surface area contributed by atoms with E-state index in [9.17, 15) is 19.2 Å². The molecule has 0 unspecified atom stereocenters. The summed E-state index contributed by atoms with van der Waals surface area (Å²) in [5.41, 5.74) is 0. The lowest BCUT2D eigenvalue weighted by atomic mass is 10.4. The van der Waals surface area contributed by atoms with E-state index in [2.05, 4.69) is 10.1 Å². The van der Waals surface area contributed by atoms with Crippen molar-refractivity contribution in [3.8, 4) is 0 Å². The van der Waals surface area contributed by atoms with Gasteiger partial charge in [0.25, 0.3) is 17.7 Å². The van der Waals surface area contributed by atoms with Crippen LogP contribution in [-0.4, -0.2) is 59.9 Å². The molecular weight excluding hydrogens is 306 g/mol. The van der Waals surface area contributed by atoms with Crippen molar-refractivity contribution >= 4 is 23.7 Å². The number of rotatable bonds is 5. The average molecular weight is 323 g/mol. The first kappa shape index (κ1) is 16.5. The first-order chi connectivity index (χ1) is 11.0. The molecule has 0 spiro atoms. The van der Waals surface area contributed by atoms with Gasteiger partial charge in [-0.2, -0.15) is 0 Å². The third-order valence-electron chi connectivity index (χ3n) is 3.15. The Morgan fingerprint density at radius 3 is 2.52 bits per heavy atom. The van der Waals surface area contributed by atoms with Gasteiger partial charge in [-0.3, -0.25) is 19.2 Å². The minimum absolute atomic E-state index is 0.0991. The molecule has 1 aromatic heterocycles. The monoisotopic (exact) mass is 323 g/mol. The molecule has 2 rings (SSSR count). The van der Waals surface area contributed by atoms with Gasteiger partial charge in [0.05, 0.1) is 12.8 Å². The SMILES string of the molecule is CC(=O)OCC(=O)N1CCCN1C(=O)CNC(=O)c1ccco1. The molecule has 124 valence electrons. The van der Waals surface area contributed by atoms with Crippen molar-refractivity contribution in [3.05, 3.63) is 24.2 Å². The highest BCUT2D eigenvalue weighted by Gasteiger charge is 2.31. The van der Waals surface area contributed by atoms with Crippen molar-refractivity contribution in [3.63, 3.8) is 0 Å². The lowest BCUT2D eigenvalue weighted by Gasteiger charge is -2.27. The summed E-state index contributed by atoms with van der Waals surface area (Å²) in [5, 5.41) is 4.90. The van der Waals surface area contributed by atoms with Crippen molar-refractivity contribution in [1.82, 2.24) is 15.3 Å². The van der Waals surface area contributed by atoms with E-state index >= 15 is 0 Å². The number of nitrogens with one attached hydrogen (secondary N) is 1. The molecule has 1 aromatic rings. The van der Waals surface area contributed by atoms with Gasteiger partial charge in [-0.1, -0.05) is 0 Å². The summed E-state index contributed by atoms with van der Waals surface area (Å²) in [4.78, 5) is 46.5. The zero-order valence-corrected chi connectivity index (χ0v) is 12.6. The molecule has 0 aromatic carbocycles. The van der Waals surface area contributed by atoms with E-state index in [1.807, 2.05) is 0 Å². The van der Waals surface area contributed by atoms with Crippen molar-refractivity contribution in [2.45, 2.75) is 13.3 Å². The van der Waals surface area contributed by atoms with Gasteiger partial charge in [0.15, 0.2) is 12.4 Å². The largest absolute Gasteiger partial charge is 0.459 e. The van der Waals surface area contributed by atoms with Crippen LogP contribution >= 0.6 is 0 Å². The highest BCUT2D eigenvalue weighted by atomic mass is 16.5. The summed E-state index contributed by atoms with van der Waals surface area (Å²) in [6, 6.07) is 3.04. The summed E-state index contributed by atoms with van der Waals surface area (Å²) in [5.74, 6) is -1.90. The molecule has 0 aliphatic carbocycles. The molecule has 0 atom stereocenters. The predicted molar refractivity (Wildman–Crippen MR) is 75.7 cm³/mol. The number of esters is 1. The number of hydrogen-bond donors (Lipinski definition) is 1. The molecule has 9 nitrogen and oxygen atoms in total. The molecule has 1 saturated heterocycles. The van der Waals surface area contributed by atoms with Crippen LogP contribution in [0.15, 0.2) is 22.8 Å². The Balaban J connectivity index is 1.86. The number of carbonyl (C=O) groups excluding carboxylic acids is 4. The van der Waals surface area contributed by atoms with Gasteiger partial charge >= 0.3 is 5.97 Å². The fourth-order valence-corrected chi connectivity index (χ4v) is 2.11. The van der Waals surface area contributed by atoms with E-state index in [0.717, 1.165) is 0 Å². The lowest BCUT2D eigenvalue weighted by Crippen LogP contribution is -2.49. The lowest BCUT2D eigenvalue weighted by molar-refractivity contribution is -0.163. The van der Waals surface area contributed by atoms with Crippen molar-refractivity contribution < 1.29 is 28.3 Å². The molecule has 23 heavy (non-hydrogen) atoms. The molecule has 1 N–H and O–H groups in total. The molecule has 1 aliphatic heterocycles. The van der Waals surface area contributed by atoms with E-state index in [1.165, 1.54) is 29.3 Å². The van der Waals surface area contributed by atoms with Gasteiger partial charge < -0.3 is 14.5 Å². The number of hydrazine groups is 1. The predicted octanol–water partition coefficient (Wildman–Crippen LogP) is -0.452. The van der Waals surface area contributed by atoms with Crippen LogP contribution < -0.4 is 5.32 Å². The van der Waals surface area contributed by atoms with Crippen LogP contribution in [0.5, 0.6) is 0 Å². The molecular formula is C14H17N3O6. The molecule has 0 saturated carbocycles. The zero-order chi connectivity index (χ0) is 16.8. The van der Waals surface area contributed by atoms with Crippen LogP contribution in [0.3, 0.4) is 0 Å². The van der Waals surface area contributed by atoms with Crippen LogP contribution in [-0.2, 0) is 19.1 Å². The summed E-state index contributed by atoms with van der Waals surface area (Å²) < 4.78 is 9.56. The fraction of sp³-hybridized carbons (Fsp3) is 0.429. The second-order valence-corrected chi connectivity index (χ2v) is 4.83. The highest BCUT2D eigenvalue weighted by Crippen LogP contribution is 2.11. The van der Waals surface area contributed by atoms with E-state index in [1.54, 1.807) is 6.07 Å². The molecule has 1 fully saturated rings. The molecule has 0 bridgehead atoms. The number of hydrogen-bond acceptors (Lipinski definition) is 6. The Bertz CT molecular complexity index is 598. The maximum atomic E-state index is 12.2. The number of nitrogens with zero attached hydrogens (tertiary/aromatic N) is 2. The fourth-order valence-electron chi connectivity index (χ4n) is 2.11. The quantitative estimate of drug-likeness (QED) is 0.735. The summed E-state index contributed by atoms with van der Waals surface area (Å²) in [6.45, 7) is 1.23. The second kappa shape index (κ2) is 7.43. The Hall–Kier alpha value is -2.84. The Kier molecular flexibility index (Phi) is 5.34. The Labute approximate surface area is 132 Å². The maximum absolute atomic E-state index is 12.2. The number of carbonyl (C=O) groups is 4. The van der Waals surface area contributed by atoms with Gasteiger partial charge in [0, 0.05) is 20.0 Å². The van der Waals surface area contributed by atoms with Gasteiger partial charge in [-0.25, -0.2) is 10.0 Å². The molecule has 2 heterocycles. The van der Waals surface area contributed by atoms with Crippen molar-refractivity contribution in [1.29, 1.82) is 0 Å². The van der Waals surface area contributed by atoms with E-state index in [-0.39, 0.29) is 12.3 Å². The normalized spacial score (nSPS) is 13.8. The third-order valence-corrected chi connectivity index (χ3v) is 3.15. The zero-order valence-electron chi connectivity index (χ0n) is 12.6. The summed E-state index contributed by atoms with van der Waals surface area (Å²) in [7, 11) is 0. The van der Waals surface area contributed by atoms with Crippen LogP contribution in [0.1, 0.15) is 23.9 Å². The Morgan fingerprint density at radius 2 is 1.91 bits per heavy atom. The topological polar surface area (TPSA) is 109 Å². The number of furan rings is 1. The smallest absolute Gasteiger partial charge is 0.303 e. The van der Waals surface area contributed by atoms with Crippen LogP contribution in [0.2, 0.25) is 0 Å². The number of ether oxygens (including phenoxy) is 1. The van der Waals surface area contributed by atoms with Gasteiger partial charge in [-0.15, -0.1) is 0 Å². The van der Waals surface area contributed by atoms with Crippen LogP contribution in [0, 0.1) is 0 Å². The van der Waals surface area contributed by atoms with E-state index < -0.39 is 30.3 Å². The average Bonchev–Trinajstić information content (AvgIpc) is 3.20. The van der Waals surface area contributed by atoms with Crippen molar-refractivity contribution in [2.75, 3.05) is 26.2 Å². The summed E-state index contributed by atoms with van der Waals surface area (Å²) >= 11 is 0. The van der Waals surface area contributed by atoms with Gasteiger partial charge in [-0.05, 0) is 18.6 Å². The van der Waals surface area contributed by atoms with Gasteiger partial charge in [0.2, 0.25) is 0 Å². The molecule has 1 aliphatic rings. The van der Waals surface area contributed by atoms with Crippen molar-refractivity contribution in [2.24, 2.45) is 0 Å². The van der Waals surface area contributed by atoms with E-state index in [0.29, 0.717) is 19.5 Å². The minimum atomic E-state index is -0.568. The maximum Gasteiger partial charge on any atom is 0.303 e. The molecule has 0 radical (unpaired) electrons. The molecule has 9 heteroatoms. The standard InChI is InChI=1S/C14H17N3O6/c1-10(18)23-9-13(20)17-6-3-5-16(17)12(19)8-15-14(21)11-4-2-7-22-11/h2,4,7H,3,5-6,8-9H2,1H3,(H,15,21). The Morgan fingerprint density at radius 1 is 1.22 bits per heavy atom. The minimum Gasteiger partial charge on any atom is -0.459 e. The van der Waals surface area contributed by atoms with Crippen LogP contribution in [0.25, 0.3) is 0 Å². The summed E-state index contributed by atoms with van der Waals surface area (Å²) in [6.07, 6.45) is 1.97. The third kappa shape index (κ3) is 4.31. The van der Waals surface area contributed by atoms with Gasteiger partial charge in [0.1, 0.15) is 0 Å². The number of amides is 3. The molecule has 3 amide bonds.